The van der Waals surface area contributed by atoms with Gasteiger partial charge in [-0.25, -0.2) is 4.79 Å². The topological polar surface area (TPSA) is 94.2 Å². The van der Waals surface area contributed by atoms with E-state index in [1.54, 1.807) is 20.4 Å². The maximum Gasteiger partial charge on any atom is 0.404 e. The van der Waals surface area contributed by atoms with E-state index >= 15 is 0 Å². The molecule has 0 saturated heterocycles. The molecule has 17 heavy (non-hydrogen) atoms. The zero-order valence-electron chi connectivity index (χ0n) is 10.3. The predicted molar refractivity (Wildman–Crippen MR) is 65.4 cm³/mol. The predicted octanol–water partition coefficient (Wildman–Crippen LogP) is 0.246. The van der Waals surface area contributed by atoms with Gasteiger partial charge in [0, 0.05) is 26.2 Å². The zero-order valence-corrected chi connectivity index (χ0v) is 10.3. The van der Waals surface area contributed by atoms with E-state index in [1.165, 1.54) is 5.12 Å². The minimum absolute atomic E-state index is 0.0623. The molecule has 98 valence electrons. The van der Waals surface area contributed by atoms with E-state index < -0.39 is 6.09 Å². The number of carbonyl (C=O) groups is 1. The molecule has 0 aromatic heterocycles. The Morgan fingerprint density at radius 1 is 1.47 bits per heavy atom. The van der Waals surface area contributed by atoms with Gasteiger partial charge in [-0.05, 0) is 25.7 Å². The van der Waals surface area contributed by atoms with Crippen LogP contribution in [0.15, 0.2) is 4.99 Å². The van der Waals surface area contributed by atoms with Crippen LogP contribution >= 0.6 is 0 Å². The lowest BCUT2D eigenvalue weighted by molar-refractivity contribution is 0.0207. The summed E-state index contributed by atoms with van der Waals surface area (Å²) < 4.78 is 0. The molecule has 0 aromatic rings. The van der Waals surface area contributed by atoms with Crippen LogP contribution in [0.1, 0.15) is 25.7 Å². The minimum atomic E-state index is -0.948. The number of amides is 1. The number of nitrogens with two attached hydrogens (primary N) is 1. The molecule has 0 aromatic carbocycles. The van der Waals surface area contributed by atoms with E-state index in [1.807, 2.05) is 5.01 Å². The SMILES string of the molecule is CN=CN(C1CCC(NC(=O)O)CC1)N(C)N. The molecule has 0 heterocycles. The molecular weight excluding hydrogens is 222 g/mol. The molecule has 1 rings (SSSR count). The Labute approximate surface area is 101 Å². The summed E-state index contributed by atoms with van der Waals surface area (Å²) in [6, 6.07) is 0.354. The van der Waals surface area contributed by atoms with Crippen molar-refractivity contribution in [1.82, 2.24) is 15.4 Å². The number of hydrogen-bond acceptors (Lipinski definition) is 4. The molecule has 0 spiro atoms. The molecule has 0 radical (unpaired) electrons. The van der Waals surface area contributed by atoms with Crippen molar-refractivity contribution in [3.05, 3.63) is 0 Å². The van der Waals surface area contributed by atoms with Crippen molar-refractivity contribution < 1.29 is 9.90 Å². The molecule has 0 aliphatic heterocycles. The molecule has 0 bridgehead atoms. The fourth-order valence-electron chi connectivity index (χ4n) is 2.21. The van der Waals surface area contributed by atoms with Gasteiger partial charge in [-0.2, -0.15) is 5.12 Å². The second kappa shape index (κ2) is 6.41. The van der Waals surface area contributed by atoms with Gasteiger partial charge in [0.1, 0.15) is 6.34 Å². The van der Waals surface area contributed by atoms with Gasteiger partial charge in [-0.3, -0.25) is 15.8 Å². The fourth-order valence-corrected chi connectivity index (χ4v) is 2.21. The molecule has 1 amide bonds. The standard InChI is InChI=1S/C10H21N5O2/c1-12-7-15(14(2)11)9-5-3-8(4-6-9)13-10(16)17/h7-9,13H,3-6,11H2,1-2H3,(H,16,17). The first-order valence-electron chi connectivity index (χ1n) is 5.73. The number of aliphatic imine (C=N–C) groups is 1. The highest BCUT2D eigenvalue weighted by Crippen LogP contribution is 2.22. The molecule has 7 nitrogen and oxygen atoms in total. The summed E-state index contributed by atoms with van der Waals surface area (Å²) in [4.78, 5) is 14.5. The van der Waals surface area contributed by atoms with Gasteiger partial charge >= 0.3 is 6.09 Å². The first-order valence-corrected chi connectivity index (χ1v) is 5.73. The van der Waals surface area contributed by atoms with E-state index in [2.05, 4.69) is 10.3 Å². The normalized spacial score (nSPS) is 25.2. The van der Waals surface area contributed by atoms with Crippen LogP contribution in [-0.4, -0.2) is 53.8 Å². The fraction of sp³-hybridized carbons (Fsp3) is 0.800. The third-order valence-corrected chi connectivity index (χ3v) is 3.00. The number of hydrazine groups is 2. The van der Waals surface area contributed by atoms with Gasteiger partial charge in [-0.1, -0.05) is 0 Å². The zero-order chi connectivity index (χ0) is 12.8. The van der Waals surface area contributed by atoms with Crippen molar-refractivity contribution in [3.63, 3.8) is 0 Å². The first-order chi connectivity index (χ1) is 8.04. The summed E-state index contributed by atoms with van der Waals surface area (Å²) in [7, 11) is 3.47. The first kappa shape index (κ1) is 13.7. The van der Waals surface area contributed by atoms with Crippen LogP contribution in [0.2, 0.25) is 0 Å². The molecule has 1 aliphatic rings. The van der Waals surface area contributed by atoms with Gasteiger partial charge in [0.25, 0.3) is 0 Å². The lowest BCUT2D eigenvalue weighted by atomic mass is 9.91. The second-order valence-electron chi connectivity index (χ2n) is 4.28. The van der Waals surface area contributed by atoms with E-state index in [0.717, 1.165) is 25.7 Å². The largest absolute Gasteiger partial charge is 0.465 e. The molecule has 7 heteroatoms. The maximum absolute atomic E-state index is 10.5. The van der Waals surface area contributed by atoms with Gasteiger partial charge in [0.15, 0.2) is 0 Å². The molecule has 1 aliphatic carbocycles. The lowest BCUT2D eigenvalue weighted by Gasteiger charge is -2.38. The van der Waals surface area contributed by atoms with E-state index in [0.29, 0.717) is 6.04 Å². The van der Waals surface area contributed by atoms with Crippen molar-refractivity contribution >= 4 is 12.4 Å². The Morgan fingerprint density at radius 2 is 2.06 bits per heavy atom. The number of rotatable bonds is 4. The van der Waals surface area contributed by atoms with Crippen molar-refractivity contribution in [2.75, 3.05) is 14.1 Å². The third-order valence-electron chi connectivity index (χ3n) is 3.00. The van der Waals surface area contributed by atoms with Crippen LogP contribution in [0.3, 0.4) is 0 Å². The van der Waals surface area contributed by atoms with E-state index in [9.17, 15) is 4.79 Å². The molecular formula is C10H21N5O2. The Hall–Kier alpha value is -1.34. The third kappa shape index (κ3) is 4.20. The van der Waals surface area contributed by atoms with Gasteiger partial charge in [0.05, 0.1) is 0 Å². The van der Waals surface area contributed by atoms with Gasteiger partial charge in [-0.15, -0.1) is 0 Å². The van der Waals surface area contributed by atoms with Crippen molar-refractivity contribution in [1.29, 1.82) is 0 Å². The molecule has 1 fully saturated rings. The van der Waals surface area contributed by atoms with Crippen LogP contribution in [0.4, 0.5) is 4.79 Å². The minimum Gasteiger partial charge on any atom is -0.465 e. The monoisotopic (exact) mass is 243 g/mol. The van der Waals surface area contributed by atoms with Crippen molar-refractivity contribution in [2.45, 2.75) is 37.8 Å². The highest BCUT2D eigenvalue weighted by molar-refractivity contribution is 5.64. The van der Waals surface area contributed by atoms with E-state index in [4.69, 9.17) is 10.9 Å². The van der Waals surface area contributed by atoms with Crippen LogP contribution in [0.25, 0.3) is 0 Å². The van der Waals surface area contributed by atoms with Crippen LogP contribution in [-0.2, 0) is 0 Å². The molecule has 4 N–H and O–H groups in total. The number of hydrogen-bond donors (Lipinski definition) is 3. The number of nitrogens with zero attached hydrogens (tertiary/aromatic N) is 3. The average Bonchev–Trinajstić information content (AvgIpc) is 2.26. The molecule has 0 atom stereocenters. The summed E-state index contributed by atoms with van der Waals surface area (Å²) in [5, 5.41) is 14.6. The summed E-state index contributed by atoms with van der Waals surface area (Å²) in [6.45, 7) is 0. The Morgan fingerprint density at radius 3 is 2.47 bits per heavy atom. The molecule has 1 saturated carbocycles. The summed E-state index contributed by atoms with van der Waals surface area (Å²) in [6.07, 6.45) is 4.22. The quantitative estimate of drug-likeness (QED) is 0.285. The number of nitrogens with one attached hydrogen (secondary N) is 1. The second-order valence-corrected chi connectivity index (χ2v) is 4.28. The van der Waals surface area contributed by atoms with Crippen molar-refractivity contribution in [2.24, 2.45) is 10.8 Å². The van der Waals surface area contributed by atoms with Crippen LogP contribution in [0, 0.1) is 0 Å². The Balaban J connectivity index is 2.46. The summed E-state index contributed by atoms with van der Waals surface area (Å²) in [5.41, 5.74) is 0. The summed E-state index contributed by atoms with van der Waals surface area (Å²) in [5.74, 6) is 5.73. The van der Waals surface area contributed by atoms with Crippen LogP contribution < -0.4 is 11.2 Å². The highest BCUT2D eigenvalue weighted by Gasteiger charge is 2.26. The van der Waals surface area contributed by atoms with E-state index in [-0.39, 0.29) is 6.04 Å². The molecule has 0 unspecified atom stereocenters. The average molecular weight is 243 g/mol. The van der Waals surface area contributed by atoms with Crippen molar-refractivity contribution in [3.8, 4) is 0 Å². The number of carboxylic acid groups (broad SMARTS) is 1. The Bertz CT molecular complexity index is 274. The maximum atomic E-state index is 10.5. The lowest BCUT2D eigenvalue weighted by Crippen LogP contribution is -2.52. The Kier molecular flexibility index (Phi) is 5.17. The van der Waals surface area contributed by atoms with Crippen LogP contribution in [0.5, 0.6) is 0 Å². The van der Waals surface area contributed by atoms with Gasteiger partial charge < -0.3 is 10.4 Å². The highest BCUT2D eigenvalue weighted by atomic mass is 16.4. The smallest absolute Gasteiger partial charge is 0.404 e. The van der Waals surface area contributed by atoms with Gasteiger partial charge in [0.2, 0.25) is 0 Å². The summed E-state index contributed by atoms with van der Waals surface area (Å²) >= 11 is 0.